The maximum absolute atomic E-state index is 12.1. The summed E-state index contributed by atoms with van der Waals surface area (Å²) in [7, 11) is 0. The van der Waals surface area contributed by atoms with Crippen LogP contribution in [-0.2, 0) is 0 Å². The molecular weight excluding hydrogens is 286 g/mol. The van der Waals surface area contributed by atoms with Crippen molar-refractivity contribution in [1.82, 2.24) is 0 Å². The molecule has 0 amide bonds. The van der Waals surface area contributed by atoms with Crippen LogP contribution in [0, 0.1) is 25.2 Å². The van der Waals surface area contributed by atoms with Crippen LogP contribution in [0.4, 0.5) is 0 Å². The van der Waals surface area contributed by atoms with Crippen molar-refractivity contribution < 1.29 is 9.53 Å². The van der Waals surface area contributed by atoms with Crippen molar-refractivity contribution in [3.63, 3.8) is 0 Å². The lowest BCUT2D eigenvalue weighted by atomic mass is 10.1. The number of aryl methyl sites for hydroxylation is 2. The van der Waals surface area contributed by atoms with Gasteiger partial charge in [0.05, 0.1) is 16.7 Å². The molecule has 21 heavy (non-hydrogen) atoms. The average Bonchev–Trinajstić information content (AvgIpc) is 2.46. The Morgan fingerprint density at radius 2 is 1.86 bits per heavy atom. The normalized spacial score (nSPS) is 10.0. The first-order valence-corrected chi connectivity index (χ1v) is 6.82. The Morgan fingerprint density at radius 1 is 1.24 bits per heavy atom. The summed E-state index contributed by atoms with van der Waals surface area (Å²) in [4.78, 5) is 12.1. The van der Waals surface area contributed by atoms with Crippen LogP contribution in [0.1, 0.15) is 27.0 Å². The Morgan fingerprint density at radius 3 is 2.43 bits per heavy atom. The third-order valence-electron chi connectivity index (χ3n) is 3.11. The number of ether oxygens (including phenoxy) is 1. The zero-order valence-electron chi connectivity index (χ0n) is 11.8. The zero-order chi connectivity index (χ0) is 15.4. The number of halogens is 1. The molecule has 4 heteroatoms. The van der Waals surface area contributed by atoms with Gasteiger partial charge in [-0.2, -0.15) is 5.26 Å². The van der Waals surface area contributed by atoms with Crippen molar-refractivity contribution in [1.29, 1.82) is 5.26 Å². The van der Waals surface area contributed by atoms with E-state index in [9.17, 15) is 4.79 Å². The predicted octanol–water partition coefficient (Wildman–Crippen LogP) is 4.09. The largest absolute Gasteiger partial charge is 0.485 e. The van der Waals surface area contributed by atoms with Crippen LogP contribution in [0.2, 0.25) is 5.02 Å². The molecule has 2 aromatic rings. The third kappa shape index (κ3) is 3.42. The Balaban J connectivity index is 2.16. The summed E-state index contributed by atoms with van der Waals surface area (Å²) < 4.78 is 5.62. The predicted molar refractivity (Wildman–Crippen MR) is 81.9 cm³/mol. The average molecular weight is 300 g/mol. The lowest BCUT2D eigenvalue weighted by molar-refractivity contribution is 0.0921. The molecule has 0 aliphatic heterocycles. The van der Waals surface area contributed by atoms with Gasteiger partial charge in [0.15, 0.2) is 6.61 Å². The molecule has 106 valence electrons. The fraction of sp³-hybridized carbons (Fsp3) is 0.176. The minimum Gasteiger partial charge on any atom is -0.485 e. The number of hydrogen-bond acceptors (Lipinski definition) is 3. The molecule has 0 heterocycles. The lowest BCUT2D eigenvalue weighted by Gasteiger charge is -2.12. The molecule has 0 aromatic heterocycles. The second-order valence-corrected chi connectivity index (χ2v) is 5.15. The van der Waals surface area contributed by atoms with Crippen LogP contribution in [-0.4, -0.2) is 12.4 Å². The highest BCUT2D eigenvalue weighted by molar-refractivity contribution is 6.34. The number of hydrogen-bond donors (Lipinski definition) is 0. The van der Waals surface area contributed by atoms with Crippen molar-refractivity contribution in [2.24, 2.45) is 0 Å². The molecule has 0 fully saturated rings. The SMILES string of the molecule is Cc1cc(C#N)cc(C)c1OCC(=O)c1ccccc1Cl. The minimum absolute atomic E-state index is 0.0860. The van der Waals surface area contributed by atoms with Crippen molar-refractivity contribution in [3.05, 3.63) is 63.7 Å². The van der Waals surface area contributed by atoms with Gasteiger partial charge in [0, 0.05) is 5.56 Å². The van der Waals surface area contributed by atoms with Gasteiger partial charge in [-0.15, -0.1) is 0 Å². The van der Waals surface area contributed by atoms with Crippen LogP contribution >= 0.6 is 11.6 Å². The van der Waals surface area contributed by atoms with Gasteiger partial charge in [-0.25, -0.2) is 0 Å². The number of carbonyl (C=O) groups excluding carboxylic acids is 1. The van der Waals surface area contributed by atoms with Crippen molar-refractivity contribution in [2.75, 3.05) is 6.61 Å². The topological polar surface area (TPSA) is 50.1 Å². The standard InChI is InChI=1S/C17H14ClNO2/c1-11-7-13(9-19)8-12(2)17(11)21-10-16(20)14-5-3-4-6-15(14)18/h3-8H,10H2,1-2H3. The highest BCUT2D eigenvalue weighted by atomic mass is 35.5. The summed E-state index contributed by atoms with van der Waals surface area (Å²) in [6.45, 7) is 3.61. The van der Waals surface area contributed by atoms with Gasteiger partial charge >= 0.3 is 0 Å². The summed E-state index contributed by atoms with van der Waals surface area (Å²) in [5.74, 6) is 0.457. The first kappa shape index (κ1) is 15.1. The zero-order valence-corrected chi connectivity index (χ0v) is 12.6. The van der Waals surface area contributed by atoms with Gasteiger partial charge in [-0.1, -0.05) is 23.7 Å². The quantitative estimate of drug-likeness (QED) is 0.799. The van der Waals surface area contributed by atoms with Crippen molar-refractivity contribution >= 4 is 17.4 Å². The van der Waals surface area contributed by atoms with Crippen LogP contribution in [0.25, 0.3) is 0 Å². The second-order valence-electron chi connectivity index (χ2n) is 4.74. The van der Waals surface area contributed by atoms with Crippen molar-refractivity contribution in [2.45, 2.75) is 13.8 Å². The van der Waals surface area contributed by atoms with E-state index in [1.54, 1.807) is 36.4 Å². The van der Waals surface area contributed by atoms with E-state index in [2.05, 4.69) is 6.07 Å². The van der Waals surface area contributed by atoms with Crippen LogP contribution in [0.5, 0.6) is 5.75 Å². The van der Waals surface area contributed by atoms with E-state index in [0.29, 0.717) is 21.9 Å². The smallest absolute Gasteiger partial charge is 0.201 e. The van der Waals surface area contributed by atoms with Gasteiger partial charge in [0.25, 0.3) is 0 Å². The second kappa shape index (κ2) is 6.43. The number of Topliss-reactive ketones (excluding diaryl/α,β-unsaturated/α-hetero) is 1. The van der Waals surface area contributed by atoms with E-state index in [1.165, 1.54) is 0 Å². The molecule has 0 aliphatic rings. The summed E-state index contributed by atoms with van der Waals surface area (Å²) >= 11 is 5.99. The minimum atomic E-state index is -0.177. The van der Waals surface area contributed by atoms with Gasteiger partial charge in [0.2, 0.25) is 5.78 Å². The van der Waals surface area contributed by atoms with Gasteiger partial charge in [-0.05, 0) is 49.2 Å². The summed E-state index contributed by atoms with van der Waals surface area (Å²) in [5.41, 5.74) is 2.69. The summed E-state index contributed by atoms with van der Waals surface area (Å²) in [6.07, 6.45) is 0. The van der Waals surface area contributed by atoms with Gasteiger partial charge in [-0.3, -0.25) is 4.79 Å². The van der Waals surface area contributed by atoms with Crippen LogP contribution in [0.3, 0.4) is 0 Å². The first-order valence-electron chi connectivity index (χ1n) is 6.45. The van der Waals surface area contributed by atoms with Crippen molar-refractivity contribution in [3.8, 4) is 11.8 Å². The highest BCUT2D eigenvalue weighted by Gasteiger charge is 2.13. The molecule has 0 N–H and O–H groups in total. The van der Waals surface area contributed by atoms with E-state index >= 15 is 0 Å². The molecule has 2 rings (SSSR count). The number of benzene rings is 2. The monoisotopic (exact) mass is 299 g/mol. The van der Waals surface area contributed by atoms with Gasteiger partial charge < -0.3 is 4.74 Å². The Kier molecular flexibility index (Phi) is 4.62. The number of rotatable bonds is 4. The molecule has 0 unspecified atom stereocenters. The third-order valence-corrected chi connectivity index (χ3v) is 3.44. The van der Waals surface area contributed by atoms with Gasteiger partial charge in [0.1, 0.15) is 5.75 Å². The van der Waals surface area contributed by atoms with E-state index in [1.807, 2.05) is 13.8 Å². The Bertz CT molecular complexity index is 709. The number of ketones is 1. The van der Waals surface area contributed by atoms with E-state index in [0.717, 1.165) is 11.1 Å². The van der Waals surface area contributed by atoms with Crippen LogP contribution < -0.4 is 4.74 Å². The first-order chi connectivity index (χ1) is 10.0. The summed E-state index contributed by atoms with van der Waals surface area (Å²) in [5, 5.41) is 9.33. The number of carbonyl (C=O) groups is 1. The van der Waals surface area contributed by atoms with E-state index in [-0.39, 0.29) is 12.4 Å². The van der Waals surface area contributed by atoms with E-state index in [4.69, 9.17) is 21.6 Å². The molecule has 3 nitrogen and oxygen atoms in total. The van der Waals surface area contributed by atoms with E-state index < -0.39 is 0 Å². The maximum Gasteiger partial charge on any atom is 0.201 e. The molecule has 2 aromatic carbocycles. The highest BCUT2D eigenvalue weighted by Crippen LogP contribution is 2.25. The maximum atomic E-state index is 12.1. The molecular formula is C17H14ClNO2. The lowest BCUT2D eigenvalue weighted by Crippen LogP contribution is -2.13. The molecule has 0 aliphatic carbocycles. The Hall–Kier alpha value is -2.31. The fourth-order valence-electron chi connectivity index (χ4n) is 2.15. The fourth-order valence-corrected chi connectivity index (χ4v) is 2.39. The molecule has 0 radical (unpaired) electrons. The molecule has 0 saturated heterocycles. The number of nitrogens with zero attached hydrogens (tertiary/aromatic N) is 1. The number of nitriles is 1. The Labute approximate surface area is 128 Å². The molecule has 0 bridgehead atoms. The molecule has 0 spiro atoms. The molecule has 0 saturated carbocycles. The van der Waals surface area contributed by atoms with Crippen LogP contribution in [0.15, 0.2) is 36.4 Å². The summed E-state index contributed by atoms with van der Waals surface area (Å²) in [6, 6.07) is 12.5. The molecule has 0 atom stereocenters.